The van der Waals surface area contributed by atoms with Gasteiger partial charge in [0.2, 0.25) is 5.91 Å². The molecule has 1 aliphatic carbocycles. The molecule has 26 heavy (non-hydrogen) atoms. The smallest absolute Gasteiger partial charge is 0.248 e. The highest BCUT2D eigenvalue weighted by atomic mass is 16.5. The lowest BCUT2D eigenvalue weighted by atomic mass is 9.94. The fraction of sp³-hybridized carbons (Fsp3) is 0.474. The van der Waals surface area contributed by atoms with Gasteiger partial charge in [-0.05, 0) is 37.1 Å². The van der Waals surface area contributed by atoms with E-state index < -0.39 is 5.54 Å². The van der Waals surface area contributed by atoms with Crippen LogP contribution >= 0.6 is 0 Å². The van der Waals surface area contributed by atoms with Crippen LogP contribution in [0.4, 0.5) is 5.69 Å². The molecule has 1 aromatic carbocycles. The number of amides is 1. The van der Waals surface area contributed by atoms with Crippen LogP contribution in [0.2, 0.25) is 0 Å². The van der Waals surface area contributed by atoms with Gasteiger partial charge in [0, 0.05) is 24.6 Å². The van der Waals surface area contributed by atoms with Crippen molar-refractivity contribution in [3.63, 3.8) is 0 Å². The molecule has 3 rings (SSSR count). The molecule has 1 fully saturated rings. The molecule has 0 atom stereocenters. The van der Waals surface area contributed by atoms with Crippen LogP contribution in [0.5, 0.6) is 5.75 Å². The number of methoxy groups -OCH3 is 1. The third-order valence-corrected chi connectivity index (χ3v) is 4.89. The van der Waals surface area contributed by atoms with Crippen molar-refractivity contribution < 1.29 is 14.6 Å². The summed E-state index contributed by atoms with van der Waals surface area (Å²) in [4.78, 5) is 22.3. The fourth-order valence-electron chi connectivity index (χ4n) is 3.56. The van der Waals surface area contributed by atoms with Gasteiger partial charge in [-0.2, -0.15) is 0 Å². The van der Waals surface area contributed by atoms with Gasteiger partial charge < -0.3 is 25.0 Å². The fourth-order valence-corrected chi connectivity index (χ4v) is 3.56. The van der Waals surface area contributed by atoms with Crippen molar-refractivity contribution in [3.8, 4) is 5.75 Å². The predicted molar refractivity (Wildman–Crippen MR) is 98.9 cm³/mol. The van der Waals surface area contributed by atoms with Crippen LogP contribution in [0.3, 0.4) is 0 Å². The Morgan fingerprint density at radius 3 is 2.65 bits per heavy atom. The summed E-state index contributed by atoms with van der Waals surface area (Å²) in [6.45, 7) is 0.565. The SMILES string of the molecule is COc1ccc(NC2(C(=O)N(CCO)Cc3ncc[nH]3)CCCC2)cc1. The summed E-state index contributed by atoms with van der Waals surface area (Å²) in [5.74, 6) is 1.50. The molecule has 1 heterocycles. The van der Waals surface area contributed by atoms with Gasteiger partial charge in [0.1, 0.15) is 17.1 Å². The average molecular weight is 358 g/mol. The number of ether oxygens (including phenoxy) is 1. The second-order valence-corrected chi connectivity index (χ2v) is 6.63. The lowest BCUT2D eigenvalue weighted by Crippen LogP contribution is -2.52. The number of aliphatic hydroxyl groups excluding tert-OH is 1. The van der Waals surface area contributed by atoms with Crippen LogP contribution in [0.25, 0.3) is 0 Å². The number of aliphatic hydroxyl groups is 1. The second kappa shape index (κ2) is 8.23. The average Bonchev–Trinajstić information content (AvgIpc) is 3.34. The number of hydrogen-bond acceptors (Lipinski definition) is 5. The van der Waals surface area contributed by atoms with E-state index in [4.69, 9.17) is 4.74 Å². The molecule has 7 heteroatoms. The van der Waals surface area contributed by atoms with Gasteiger partial charge >= 0.3 is 0 Å². The van der Waals surface area contributed by atoms with Crippen molar-refractivity contribution in [2.75, 3.05) is 25.6 Å². The first-order valence-electron chi connectivity index (χ1n) is 8.97. The number of imidazole rings is 1. The number of rotatable bonds is 8. The largest absolute Gasteiger partial charge is 0.497 e. The number of nitrogens with zero attached hydrogens (tertiary/aromatic N) is 2. The van der Waals surface area contributed by atoms with Gasteiger partial charge in [-0.15, -0.1) is 0 Å². The van der Waals surface area contributed by atoms with E-state index in [1.165, 1.54) is 0 Å². The van der Waals surface area contributed by atoms with E-state index in [0.29, 0.717) is 12.4 Å². The highest BCUT2D eigenvalue weighted by molar-refractivity contribution is 5.90. The molecule has 0 bridgehead atoms. The van der Waals surface area contributed by atoms with Crippen LogP contribution in [-0.2, 0) is 11.3 Å². The molecule has 1 amide bonds. The summed E-state index contributed by atoms with van der Waals surface area (Å²) < 4.78 is 5.20. The summed E-state index contributed by atoms with van der Waals surface area (Å²) >= 11 is 0. The zero-order chi connectivity index (χ0) is 18.4. The molecule has 0 unspecified atom stereocenters. The molecule has 0 aliphatic heterocycles. The summed E-state index contributed by atoms with van der Waals surface area (Å²) in [6.07, 6.45) is 6.96. The first kappa shape index (κ1) is 18.3. The molecule has 0 saturated heterocycles. The first-order chi connectivity index (χ1) is 12.7. The van der Waals surface area contributed by atoms with E-state index >= 15 is 0 Å². The van der Waals surface area contributed by atoms with Gasteiger partial charge in [-0.1, -0.05) is 12.8 Å². The number of anilines is 1. The third kappa shape index (κ3) is 3.99. The van der Waals surface area contributed by atoms with Crippen LogP contribution in [0.1, 0.15) is 31.5 Å². The number of carbonyl (C=O) groups is 1. The lowest BCUT2D eigenvalue weighted by Gasteiger charge is -2.35. The van der Waals surface area contributed by atoms with Crippen LogP contribution in [-0.4, -0.2) is 51.7 Å². The molecule has 0 radical (unpaired) electrons. The van der Waals surface area contributed by atoms with E-state index in [2.05, 4.69) is 15.3 Å². The molecule has 1 aliphatic rings. The summed E-state index contributed by atoms with van der Waals surface area (Å²) in [7, 11) is 1.63. The molecular formula is C19H26N4O3. The van der Waals surface area contributed by atoms with Crippen molar-refractivity contribution in [1.29, 1.82) is 0 Å². The number of H-pyrrole nitrogens is 1. The maximum absolute atomic E-state index is 13.4. The topological polar surface area (TPSA) is 90.5 Å². The Labute approximate surface area is 153 Å². The molecule has 1 saturated carbocycles. The Hall–Kier alpha value is -2.54. The normalized spacial score (nSPS) is 15.6. The van der Waals surface area contributed by atoms with E-state index in [1.807, 2.05) is 24.3 Å². The Bertz CT molecular complexity index is 694. The Kier molecular flexibility index (Phi) is 5.78. The molecule has 0 spiro atoms. The van der Waals surface area contributed by atoms with E-state index in [1.54, 1.807) is 24.4 Å². The lowest BCUT2D eigenvalue weighted by molar-refractivity contribution is -0.137. The maximum atomic E-state index is 13.4. The van der Waals surface area contributed by atoms with Crippen LogP contribution < -0.4 is 10.1 Å². The molecule has 7 nitrogen and oxygen atoms in total. The van der Waals surface area contributed by atoms with Gasteiger partial charge in [-0.3, -0.25) is 4.79 Å². The Morgan fingerprint density at radius 1 is 1.35 bits per heavy atom. The number of benzene rings is 1. The second-order valence-electron chi connectivity index (χ2n) is 6.63. The number of hydrogen-bond donors (Lipinski definition) is 3. The van der Waals surface area contributed by atoms with Crippen molar-refractivity contribution in [3.05, 3.63) is 42.5 Å². The maximum Gasteiger partial charge on any atom is 0.248 e. The minimum absolute atomic E-state index is 0.0104. The summed E-state index contributed by atoms with van der Waals surface area (Å²) in [5, 5.41) is 12.9. The van der Waals surface area contributed by atoms with Crippen molar-refractivity contribution in [1.82, 2.24) is 14.9 Å². The zero-order valence-electron chi connectivity index (χ0n) is 15.1. The minimum atomic E-state index is -0.643. The zero-order valence-corrected chi connectivity index (χ0v) is 15.1. The number of aromatic amines is 1. The van der Waals surface area contributed by atoms with Crippen molar-refractivity contribution in [2.24, 2.45) is 0 Å². The summed E-state index contributed by atoms with van der Waals surface area (Å²) in [6, 6.07) is 7.61. The third-order valence-electron chi connectivity index (χ3n) is 4.89. The van der Waals surface area contributed by atoms with Crippen LogP contribution in [0, 0.1) is 0 Å². The molecule has 2 aromatic rings. The van der Waals surface area contributed by atoms with Gasteiger partial charge in [0.15, 0.2) is 0 Å². The van der Waals surface area contributed by atoms with Crippen molar-refractivity contribution >= 4 is 11.6 Å². The van der Waals surface area contributed by atoms with E-state index in [0.717, 1.165) is 37.1 Å². The highest BCUT2D eigenvalue weighted by Crippen LogP contribution is 2.35. The molecule has 3 N–H and O–H groups in total. The quantitative estimate of drug-likeness (QED) is 0.673. The first-order valence-corrected chi connectivity index (χ1v) is 8.97. The van der Waals surface area contributed by atoms with Gasteiger partial charge in [0.05, 0.1) is 20.3 Å². The molecule has 1 aromatic heterocycles. The standard InChI is InChI=1S/C19H26N4O3/c1-26-16-6-4-15(5-7-16)22-19(8-2-3-9-19)18(25)23(12-13-24)14-17-20-10-11-21-17/h4-7,10-11,22,24H,2-3,8-9,12-14H2,1H3,(H,20,21). The molecule has 140 valence electrons. The molecular weight excluding hydrogens is 332 g/mol. The van der Waals surface area contributed by atoms with Gasteiger partial charge in [0.25, 0.3) is 0 Å². The minimum Gasteiger partial charge on any atom is -0.497 e. The number of aromatic nitrogens is 2. The Balaban J connectivity index is 1.80. The highest BCUT2D eigenvalue weighted by Gasteiger charge is 2.43. The van der Waals surface area contributed by atoms with Gasteiger partial charge in [-0.25, -0.2) is 4.98 Å². The monoisotopic (exact) mass is 358 g/mol. The van der Waals surface area contributed by atoms with Crippen LogP contribution in [0.15, 0.2) is 36.7 Å². The number of carbonyl (C=O) groups excluding carboxylic acids is 1. The van der Waals surface area contributed by atoms with E-state index in [9.17, 15) is 9.90 Å². The Morgan fingerprint density at radius 2 is 2.08 bits per heavy atom. The number of nitrogens with one attached hydrogen (secondary N) is 2. The van der Waals surface area contributed by atoms with Crippen molar-refractivity contribution in [2.45, 2.75) is 37.8 Å². The summed E-state index contributed by atoms with van der Waals surface area (Å²) in [5.41, 5.74) is 0.249. The predicted octanol–water partition coefficient (Wildman–Crippen LogP) is 2.16. The van der Waals surface area contributed by atoms with E-state index in [-0.39, 0.29) is 19.1 Å².